The first kappa shape index (κ1) is 26.6. The van der Waals surface area contributed by atoms with Crippen molar-refractivity contribution in [2.45, 2.75) is 19.8 Å². The van der Waals surface area contributed by atoms with Gasteiger partial charge in [0.1, 0.15) is 17.3 Å². The molecule has 194 valence electrons. The summed E-state index contributed by atoms with van der Waals surface area (Å²) in [6, 6.07) is 18.1. The highest BCUT2D eigenvalue weighted by atomic mass is 32.2. The number of rotatable bonds is 9. The second-order valence-electron chi connectivity index (χ2n) is 8.23. The van der Waals surface area contributed by atoms with Gasteiger partial charge in [-0.25, -0.2) is 4.39 Å². The van der Waals surface area contributed by atoms with E-state index >= 15 is 0 Å². The Balaban J connectivity index is 1.55. The molecule has 0 fully saturated rings. The van der Waals surface area contributed by atoms with Crippen molar-refractivity contribution in [1.29, 1.82) is 5.26 Å². The number of halogens is 1. The summed E-state index contributed by atoms with van der Waals surface area (Å²) in [5.41, 5.74) is 1.97. The number of amides is 2. The van der Waals surface area contributed by atoms with Crippen LogP contribution in [0.1, 0.15) is 25.5 Å². The summed E-state index contributed by atoms with van der Waals surface area (Å²) in [5.74, 6) is -0.961. The second kappa shape index (κ2) is 12.2. The molecule has 1 aliphatic heterocycles. The number of carbonyl (C=O) groups is 2. The van der Waals surface area contributed by atoms with Crippen LogP contribution in [0.3, 0.4) is 0 Å². The van der Waals surface area contributed by atoms with E-state index in [1.165, 1.54) is 24.5 Å². The number of thioether (sulfide) groups is 1. The molecular weight excluding hydrogens is 507 g/mol. The molecule has 2 amide bonds. The van der Waals surface area contributed by atoms with E-state index in [9.17, 15) is 19.2 Å². The second-order valence-corrected chi connectivity index (χ2v) is 9.21. The average molecular weight is 533 g/mol. The third-order valence-electron chi connectivity index (χ3n) is 5.60. The van der Waals surface area contributed by atoms with E-state index in [1.807, 2.05) is 6.92 Å². The molecule has 0 bridgehead atoms. The van der Waals surface area contributed by atoms with Crippen molar-refractivity contribution in [1.82, 2.24) is 5.32 Å². The quantitative estimate of drug-likeness (QED) is 0.332. The van der Waals surface area contributed by atoms with Gasteiger partial charge in [0.15, 0.2) is 0 Å². The van der Waals surface area contributed by atoms with Crippen molar-refractivity contribution in [3.05, 3.63) is 100 Å². The smallest absolute Gasteiger partial charge is 0.254 e. The Labute approximate surface area is 223 Å². The molecule has 0 spiro atoms. The summed E-state index contributed by atoms with van der Waals surface area (Å²) in [6.07, 6.45) is 1.48. The Kier molecular flexibility index (Phi) is 8.51. The van der Waals surface area contributed by atoms with Gasteiger partial charge in [0, 0.05) is 17.1 Å². The van der Waals surface area contributed by atoms with Crippen LogP contribution in [0.15, 0.2) is 93.2 Å². The topological polar surface area (TPSA) is 116 Å². The molecule has 3 N–H and O–H groups in total. The third kappa shape index (κ3) is 6.25. The highest BCUT2D eigenvalue weighted by molar-refractivity contribution is 8.03. The zero-order valence-electron chi connectivity index (χ0n) is 20.7. The number of dihydropyridines is 1. The zero-order valence-corrected chi connectivity index (χ0v) is 21.5. The largest absolute Gasteiger partial charge is 0.494 e. The highest BCUT2D eigenvalue weighted by Crippen LogP contribution is 2.41. The van der Waals surface area contributed by atoms with E-state index in [2.05, 4.69) is 22.0 Å². The molecule has 10 heteroatoms. The molecule has 2 aromatic carbocycles. The third-order valence-corrected chi connectivity index (χ3v) is 6.62. The zero-order chi connectivity index (χ0) is 27.1. The number of furan rings is 1. The van der Waals surface area contributed by atoms with E-state index in [1.54, 1.807) is 49.4 Å². The lowest BCUT2D eigenvalue weighted by Crippen LogP contribution is -2.31. The summed E-state index contributed by atoms with van der Waals surface area (Å²) in [6.45, 7) is 4.15. The highest BCUT2D eigenvalue weighted by Gasteiger charge is 2.36. The van der Waals surface area contributed by atoms with Gasteiger partial charge in [0.25, 0.3) is 5.91 Å². The number of ether oxygens (including phenoxy) is 1. The predicted molar refractivity (Wildman–Crippen MR) is 144 cm³/mol. The van der Waals surface area contributed by atoms with Crippen molar-refractivity contribution in [3.8, 4) is 11.8 Å². The fourth-order valence-corrected chi connectivity index (χ4v) is 4.86. The van der Waals surface area contributed by atoms with Crippen LogP contribution in [-0.2, 0) is 9.59 Å². The molecule has 38 heavy (non-hydrogen) atoms. The molecule has 1 aromatic heterocycles. The molecule has 0 saturated carbocycles. The van der Waals surface area contributed by atoms with Gasteiger partial charge >= 0.3 is 0 Å². The summed E-state index contributed by atoms with van der Waals surface area (Å²) in [7, 11) is 0. The summed E-state index contributed by atoms with van der Waals surface area (Å²) in [4.78, 5) is 25.9. The fraction of sp³-hybridized carbons (Fsp3) is 0.179. The van der Waals surface area contributed by atoms with Crippen LogP contribution < -0.4 is 20.7 Å². The van der Waals surface area contributed by atoms with Crippen molar-refractivity contribution in [2.24, 2.45) is 0 Å². The molecule has 0 aliphatic carbocycles. The molecular formula is C28H25FN4O4S. The molecule has 1 aliphatic rings. The Hall–Kier alpha value is -4.49. The van der Waals surface area contributed by atoms with Gasteiger partial charge in [-0.3, -0.25) is 9.59 Å². The number of benzene rings is 2. The lowest BCUT2D eigenvalue weighted by atomic mass is 9.85. The van der Waals surface area contributed by atoms with Gasteiger partial charge in [-0.05, 0) is 68.4 Å². The number of nitrogens with one attached hydrogen (secondary N) is 3. The van der Waals surface area contributed by atoms with E-state index < -0.39 is 17.6 Å². The first-order valence-electron chi connectivity index (χ1n) is 11.8. The fourth-order valence-electron chi connectivity index (χ4n) is 3.97. The molecule has 1 atom stereocenters. The minimum Gasteiger partial charge on any atom is -0.494 e. The number of hydrogen-bond acceptors (Lipinski definition) is 7. The lowest BCUT2D eigenvalue weighted by Gasteiger charge is -2.28. The molecule has 2 heterocycles. The standard InChI is InChI=1S/C28H25FN4O4S/c1-3-36-21-11-9-19(10-12-21)33-27(35)25-17(2)31-28(22(15-30)26(25)23-8-5-13-37-23)38-16-24(34)32-20-7-4-6-18(29)14-20/h4-14,26,31H,3,16H2,1-2H3,(H,32,34)(H,33,35)/t26-/m1/s1. The Morgan fingerprint density at radius 3 is 2.58 bits per heavy atom. The minimum atomic E-state index is -0.785. The number of hydrogen-bond donors (Lipinski definition) is 3. The number of anilines is 2. The number of nitriles is 1. The van der Waals surface area contributed by atoms with Crippen molar-refractivity contribution in [2.75, 3.05) is 23.0 Å². The molecule has 3 aromatic rings. The van der Waals surface area contributed by atoms with Crippen LogP contribution in [0.4, 0.5) is 15.8 Å². The van der Waals surface area contributed by atoms with Crippen LogP contribution in [-0.4, -0.2) is 24.2 Å². The van der Waals surface area contributed by atoms with Gasteiger partial charge in [0.05, 0.1) is 46.8 Å². The minimum absolute atomic E-state index is 0.0457. The van der Waals surface area contributed by atoms with E-state index in [-0.39, 0.29) is 17.2 Å². The number of allylic oxidation sites excluding steroid dienone is 2. The van der Waals surface area contributed by atoms with Crippen molar-refractivity contribution in [3.63, 3.8) is 0 Å². The molecule has 0 radical (unpaired) electrons. The number of carbonyl (C=O) groups excluding carboxylic acids is 2. The van der Waals surface area contributed by atoms with E-state index in [0.717, 1.165) is 11.8 Å². The summed E-state index contributed by atoms with van der Waals surface area (Å²) < 4.78 is 24.5. The average Bonchev–Trinajstić information content (AvgIpc) is 3.43. The Bertz CT molecular complexity index is 1430. The monoisotopic (exact) mass is 532 g/mol. The normalized spacial score (nSPS) is 14.9. The van der Waals surface area contributed by atoms with Crippen LogP contribution >= 0.6 is 11.8 Å². The van der Waals surface area contributed by atoms with E-state index in [0.29, 0.717) is 45.8 Å². The Morgan fingerprint density at radius 1 is 1.13 bits per heavy atom. The first-order chi connectivity index (χ1) is 18.4. The van der Waals surface area contributed by atoms with Gasteiger partial charge in [-0.15, -0.1) is 0 Å². The maximum atomic E-state index is 13.4. The molecule has 0 saturated heterocycles. The number of nitrogens with zero attached hydrogens (tertiary/aromatic N) is 1. The first-order valence-corrected chi connectivity index (χ1v) is 12.8. The van der Waals surface area contributed by atoms with Crippen LogP contribution in [0.5, 0.6) is 5.75 Å². The maximum Gasteiger partial charge on any atom is 0.254 e. The van der Waals surface area contributed by atoms with Crippen LogP contribution in [0, 0.1) is 17.1 Å². The van der Waals surface area contributed by atoms with Crippen molar-refractivity contribution < 1.29 is 23.1 Å². The Morgan fingerprint density at radius 2 is 1.92 bits per heavy atom. The lowest BCUT2D eigenvalue weighted by molar-refractivity contribution is -0.114. The maximum absolute atomic E-state index is 13.4. The van der Waals surface area contributed by atoms with Gasteiger partial charge in [-0.2, -0.15) is 5.26 Å². The predicted octanol–water partition coefficient (Wildman–Crippen LogP) is 5.52. The summed E-state index contributed by atoms with van der Waals surface area (Å²) in [5, 5.41) is 19.2. The summed E-state index contributed by atoms with van der Waals surface area (Å²) >= 11 is 1.11. The molecule has 4 rings (SSSR count). The molecule has 8 nitrogen and oxygen atoms in total. The van der Waals surface area contributed by atoms with E-state index in [4.69, 9.17) is 9.15 Å². The SMILES string of the molecule is CCOc1ccc(NC(=O)C2=C(C)NC(SCC(=O)Nc3cccc(F)c3)=C(C#N)[C@@H]2c2ccco2)cc1. The van der Waals surface area contributed by atoms with Gasteiger partial charge in [-0.1, -0.05) is 17.8 Å². The van der Waals surface area contributed by atoms with Gasteiger partial charge in [0.2, 0.25) is 5.91 Å². The molecule has 0 unspecified atom stereocenters. The van der Waals surface area contributed by atoms with Crippen LogP contribution in [0.2, 0.25) is 0 Å². The van der Waals surface area contributed by atoms with Gasteiger partial charge < -0.3 is 25.1 Å². The van der Waals surface area contributed by atoms with Crippen molar-refractivity contribution >= 4 is 35.0 Å². The van der Waals surface area contributed by atoms with Crippen LogP contribution in [0.25, 0.3) is 0 Å².